The molecule has 24 heavy (non-hydrogen) atoms. The highest BCUT2D eigenvalue weighted by molar-refractivity contribution is 5.40. The number of aromatic nitrogens is 4. The number of hydrogen-bond acceptors (Lipinski definition) is 7. The molecule has 0 aliphatic carbocycles. The van der Waals surface area contributed by atoms with E-state index in [1.165, 1.54) is 0 Å². The van der Waals surface area contributed by atoms with Crippen LogP contribution in [0.3, 0.4) is 0 Å². The molecule has 0 saturated carbocycles. The standard InChI is InChI=1S/C17H26N6O/c1-11(2)16-18-12(3)10-15(20-16)23-8-6-22(7-9-23)13(4)17-19-14(5)21-24-17/h10-11,13H,6-9H2,1-5H3/t13-/m1/s1. The fourth-order valence-electron chi connectivity index (χ4n) is 2.97. The molecule has 1 aliphatic heterocycles. The van der Waals surface area contributed by atoms with E-state index in [1.807, 2.05) is 13.8 Å². The van der Waals surface area contributed by atoms with Gasteiger partial charge in [-0.1, -0.05) is 19.0 Å². The molecule has 0 amide bonds. The van der Waals surface area contributed by atoms with E-state index in [2.05, 4.69) is 51.8 Å². The molecule has 7 heteroatoms. The highest BCUT2D eigenvalue weighted by Gasteiger charge is 2.26. The zero-order chi connectivity index (χ0) is 17.3. The Morgan fingerprint density at radius 3 is 2.29 bits per heavy atom. The van der Waals surface area contributed by atoms with Crippen LogP contribution in [-0.4, -0.2) is 51.2 Å². The second-order valence-electron chi connectivity index (χ2n) is 6.76. The Kier molecular flexibility index (Phi) is 4.80. The largest absolute Gasteiger partial charge is 0.354 e. The molecule has 130 valence electrons. The van der Waals surface area contributed by atoms with Crippen molar-refractivity contribution < 1.29 is 4.52 Å². The first kappa shape index (κ1) is 16.8. The number of piperazine rings is 1. The van der Waals surface area contributed by atoms with Gasteiger partial charge >= 0.3 is 0 Å². The molecule has 1 saturated heterocycles. The number of rotatable bonds is 4. The molecule has 2 aromatic rings. The van der Waals surface area contributed by atoms with E-state index in [4.69, 9.17) is 9.51 Å². The molecule has 0 unspecified atom stereocenters. The van der Waals surface area contributed by atoms with Crippen molar-refractivity contribution in [2.24, 2.45) is 0 Å². The van der Waals surface area contributed by atoms with E-state index < -0.39 is 0 Å². The van der Waals surface area contributed by atoms with Crippen molar-refractivity contribution in [3.8, 4) is 0 Å². The smallest absolute Gasteiger partial charge is 0.243 e. The lowest BCUT2D eigenvalue weighted by atomic mass is 10.2. The molecule has 0 N–H and O–H groups in total. The number of anilines is 1. The van der Waals surface area contributed by atoms with Gasteiger partial charge in [0.2, 0.25) is 5.89 Å². The summed E-state index contributed by atoms with van der Waals surface area (Å²) in [7, 11) is 0. The lowest BCUT2D eigenvalue weighted by Crippen LogP contribution is -2.47. The molecular formula is C17H26N6O. The summed E-state index contributed by atoms with van der Waals surface area (Å²) in [6.07, 6.45) is 0. The lowest BCUT2D eigenvalue weighted by Gasteiger charge is -2.37. The Balaban J connectivity index is 1.67. The van der Waals surface area contributed by atoms with Crippen LogP contribution in [0.4, 0.5) is 5.82 Å². The average Bonchev–Trinajstić information content (AvgIpc) is 3.00. The van der Waals surface area contributed by atoms with Crippen LogP contribution in [0.25, 0.3) is 0 Å². The molecule has 2 aromatic heterocycles. The predicted molar refractivity (Wildman–Crippen MR) is 92.1 cm³/mol. The van der Waals surface area contributed by atoms with Gasteiger partial charge in [0.1, 0.15) is 11.6 Å². The Morgan fingerprint density at radius 2 is 1.71 bits per heavy atom. The van der Waals surface area contributed by atoms with E-state index in [0.717, 1.165) is 43.5 Å². The third kappa shape index (κ3) is 3.56. The molecule has 0 bridgehead atoms. The highest BCUT2D eigenvalue weighted by Crippen LogP contribution is 2.23. The van der Waals surface area contributed by atoms with E-state index in [1.54, 1.807) is 0 Å². The first-order valence-electron chi connectivity index (χ1n) is 8.59. The maximum Gasteiger partial charge on any atom is 0.243 e. The van der Waals surface area contributed by atoms with Crippen molar-refractivity contribution in [2.45, 2.75) is 46.6 Å². The average molecular weight is 330 g/mol. The maximum absolute atomic E-state index is 5.31. The molecule has 1 fully saturated rings. The van der Waals surface area contributed by atoms with Crippen LogP contribution in [-0.2, 0) is 0 Å². The summed E-state index contributed by atoms with van der Waals surface area (Å²) in [5, 5.41) is 3.89. The molecule has 0 spiro atoms. The minimum Gasteiger partial charge on any atom is -0.354 e. The van der Waals surface area contributed by atoms with Gasteiger partial charge in [-0.2, -0.15) is 4.98 Å². The monoisotopic (exact) mass is 330 g/mol. The number of hydrogen-bond donors (Lipinski definition) is 0. The van der Waals surface area contributed by atoms with Gasteiger partial charge in [-0.25, -0.2) is 9.97 Å². The molecule has 0 radical (unpaired) electrons. The molecule has 0 aromatic carbocycles. The van der Waals surface area contributed by atoms with E-state index >= 15 is 0 Å². The SMILES string of the molecule is Cc1cc(N2CCN([C@H](C)c3nc(C)no3)CC2)nc(C(C)C)n1. The summed E-state index contributed by atoms with van der Waals surface area (Å²) in [4.78, 5) is 18.3. The van der Waals surface area contributed by atoms with Gasteiger partial charge in [0.15, 0.2) is 5.82 Å². The molecular weight excluding hydrogens is 304 g/mol. The second kappa shape index (κ2) is 6.84. The summed E-state index contributed by atoms with van der Waals surface area (Å²) in [5.41, 5.74) is 1.03. The minimum absolute atomic E-state index is 0.145. The topological polar surface area (TPSA) is 71.2 Å². The second-order valence-corrected chi connectivity index (χ2v) is 6.76. The van der Waals surface area contributed by atoms with Crippen LogP contribution in [0.15, 0.2) is 10.6 Å². The number of aryl methyl sites for hydroxylation is 2. The van der Waals surface area contributed by atoms with Crippen LogP contribution in [0.5, 0.6) is 0 Å². The van der Waals surface area contributed by atoms with Gasteiger partial charge in [0.25, 0.3) is 0 Å². The van der Waals surface area contributed by atoms with Crippen molar-refractivity contribution in [1.82, 2.24) is 25.0 Å². The van der Waals surface area contributed by atoms with Crippen LogP contribution in [0, 0.1) is 13.8 Å². The fourth-order valence-corrected chi connectivity index (χ4v) is 2.97. The van der Waals surface area contributed by atoms with Gasteiger partial charge in [-0.15, -0.1) is 0 Å². The molecule has 1 atom stereocenters. The Morgan fingerprint density at radius 1 is 1.00 bits per heavy atom. The minimum atomic E-state index is 0.145. The van der Waals surface area contributed by atoms with E-state index in [-0.39, 0.29) is 6.04 Å². The van der Waals surface area contributed by atoms with Gasteiger partial charge in [0, 0.05) is 43.9 Å². The van der Waals surface area contributed by atoms with Gasteiger partial charge in [-0.3, -0.25) is 4.90 Å². The van der Waals surface area contributed by atoms with Crippen molar-refractivity contribution >= 4 is 5.82 Å². The third-order valence-corrected chi connectivity index (χ3v) is 4.46. The van der Waals surface area contributed by atoms with Crippen LogP contribution in [0.2, 0.25) is 0 Å². The first-order valence-corrected chi connectivity index (χ1v) is 8.59. The van der Waals surface area contributed by atoms with Crippen molar-refractivity contribution in [2.75, 3.05) is 31.1 Å². The number of nitrogens with zero attached hydrogens (tertiary/aromatic N) is 6. The fraction of sp³-hybridized carbons (Fsp3) is 0.647. The van der Waals surface area contributed by atoms with Crippen LogP contribution < -0.4 is 4.90 Å². The van der Waals surface area contributed by atoms with Gasteiger partial charge < -0.3 is 9.42 Å². The van der Waals surface area contributed by atoms with Crippen molar-refractivity contribution in [3.05, 3.63) is 29.3 Å². The Bertz CT molecular complexity index is 690. The summed E-state index contributed by atoms with van der Waals surface area (Å²) in [6, 6.07) is 2.22. The molecule has 3 heterocycles. The van der Waals surface area contributed by atoms with Gasteiger partial charge in [-0.05, 0) is 20.8 Å². The highest BCUT2D eigenvalue weighted by atomic mass is 16.5. The van der Waals surface area contributed by atoms with Crippen LogP contribution in [0.1, 0.15) is 56.0 Å². The lowest BCUT2D eigenvalue weighted by molar-refractivity contribution is 0.164. The third-order valence-electron chi connectivity index (χ3n) is 4.46. The Labute approximate surface area is 143 Å². The summed E-state index contributed by atoms with van der Waals surface area (Å²) < 4.78 is 5.31. The van der Waals surface area contributed by atoms with Crippen molar-refractivity contribution in [1.29, 1.82) is 0 Å². The molecule has 3 rings (SSSR count). The van der Waals surface area contributed by atoms with Crippen LogP contribution >= 0.6 is 0 Å². The zero-order valence-electron chi connectivity index (χ0n) is 15.2. The van der Waals surface area contributed by atoms with Crippen molar-refractivity contribution in [3.63, 3.8) is 0 Å². The Hall–Kier alpha value is -2.02. The summed E-state index contributed by atoms with van der Waals surface area (Å²) >= 11 is 0. The van der Waals surface area contributed by atoms with E-state index in [9.17, 15) is 0 Å². The zero-order valence-corrected chi connectivity index (χ0v) is 15.2. The summed E-state index contributed by atoms with van der Waals surface area (Å²) in [5.74, 6) is 3.68. The first-order chi connectivity index (χ1) is 11.4. The van der Waals surface area contributed by atoms with E-state index in [0.29, 0.717) is 17.6 Å². The molecule has 1 aliphatic rings. The quantitative estimate of drug-likeness (QED) is 0.853. The summed E-state index contributed by atoms with van der Waals surface area (Å²) in [6.45, 7) is 14.0. The van der Waals surface area contributed by atoms with Gasteiger partial charge in [0.05, 0.1) is 6.04 Å². The molecule has 7 nitrogen and oxygen atoms in total. The predicted octanol–water partition coefficient (Wildman–Crippen LogP) is 2.48. The maximum atomic E-state index is 5.31. The normalized spacial score (nSPS) is 17.5.